The predicted molar refractivity (Wildman–Crippen MR) is 69.4 cm³/mol. The minimum absolute atomic E-state index is 0.0402. The van der Waals surface area contributed by atoms with Crippen molar-refractivity contribution < 1.29 is 17.6 Å². The number of anilines is 1. The number of carbonyl (C=O) groups is 1. The molecule has 0 aliphatic carbocycles. The number of nitrogen functional groups attached to an aromatic ring is 1. The second-order valence-corrected chi connectivity index (χ2v) is 5.66. The zero-order chi connectivity index (χ0) is 14.6. The predicted octanol–water partition coefficient (Wildman–Crippen LogP) is 0.131. The van der Waals surface area contributed by atoms with E-state index >= 15 is 0 Å². The van der Waals surface area contributed by atoms with Crippen LogP contribution in [0.25, 0.3) is 0 Å². The molecule has 1 amide bonds. The van der Waals surface area contributed by atoms with E-state index in [9.17, 15) is 17.6 Å². The molecule has 8 heteroatoms. The molecule has 6 nitrogen and oxygen atoms in total. The Kier molecular flexibility index (Phi) is 4.84. The zero-order valence-electron chi connectivity index (χ0n) is 10.7. The van der Waals surface area contributed by atoms with Gasteiger partial charge in [-0.1, -0.05) is 0 Å². The fraction of sp³-hybridized carbons (Fsp3) is 0.364. The van der Waals surface area contributed by atoms with E-state index in [4.69, 9.17) is 5.73 Å². The maximum Gasteiger partial charge on any atom is 0.241 e. The Morgan fingerprint density at radius 1 is 1.42 bits per heavy atom. The smallest absolute Gasteiger partial charge is 0.241 e. The van der Waals surface area contributed by atoms with Crippen molar-refractivity contribution in [2.45, 2.75) is 18.7 Å². The Bertz CT molecular complexity index is 564. The standard InChI is InChI=1S/C11H16FN3O3S/c1-3-14-11(16)6-15-19(17,18)8-4-9(12)7(2)10(13)5-8/h4-5,15H,3,6,13H2,1-2H3,(H,14,16). The van der Waals surface area contributed by atoms with E-state index in [1.54, 1.807) is 6.92 Å². The molecule has 0 aliphatic rings. The van der Waals surface area contributed by atoms with Gasteiger partial charge in [0.1, 0.15) is 5.82 Å². The monoisotopic (exact) mass is 289 g/mol. The molecule has 19 heavy (non-hydrogen) atoms. The number of sulfonamides is 1. The summed E-state index contributed by atoms with van der Waals surface area (Å²) < 4.78 is 39.2. The summed E-state index contributed by atoms with van der Waals surface area (Å²) in [5.41, 5.74) is 5.73. The number of hydrogen-bond acceptors (Lipinski definition) is 4. The fourth-order valence-electron chi connectivity index (χ4n) is 1.33. The summed E-state index contributed by atoms with van der Waals surface area (Å²) in [6.07, 6.45) is 0. The molecule has 0 aromatic heterocycles. The van der Waals surface area contributed by atoms with Gasteiger partial charge in [0.15, 0.2) is 0 Å². The van der Waals surface area contributed by atoms with Crippen molar-refractivity contribution in [1.82, 2.24) is 10.0 Å². The minimum Gasteiger partial charge on any atom is -0.398 e. The average molecular weight is 289 g/mol. The van der Waals surface area contributed by atoms with E-state index < -0.39 is 28.3 Å². The third kappa shape index (κ3) is 3.90. The lowest BCUT2D eigenvalue weighted by molar-refractivity contribution is -0.119. The van der Waals surface area contributed by atoms with Crippen LogP contribution in [0.3, 0.4) is 0 Å². The molecule has 106 valence electrons. The maximum atomic E-state index is 13.4. The molecule has 0 saturated carbocycles. The summed E-state index contributed by atoms with van der Waals surface area (Å²) in [5.74, 6) is -1.18. The average Bonchev–Trinajstić information content (AvgIpc) is 2.33. The Morgan fingerprint density at radius 2 is 2.05 bits per heavy atom. The number of nitrogens with one attached hydrogen (secondary N) is 2. The number of amides is 1. The van der Waals surface area contributed by atoms with E-state index in [1.165, 1.54) is 6.92 Å². The van der Waals surface area contributed by atoms with Gasteiger partial charge in [0.2, 0.25) is 15.9 Å². The summed E-state index contributed by atoms with van der Waals surface area (Å²) in [5, 5.41) is 2.44. The van der Waals surface area contributed by atoms with Crippen molar-refractivity contribution in [2.24, 2.45) is 0 Å². The van der Waals surface area contributed by atoms with Gasteiger partial charge in [0, 0.05) is 17.8 Å². The van der Waals surface area contributed by atoms with Crippen molar-refractivity contribution in [3.05, 3.63) is 23.5 Å². The minimum atomic E-state index is -3.97. The van der Waals surface area contributed by atoms with E-state index in [-0.39, 0.29) is 16.1 Å². The quantitative estimate of drug-likeness (QED) is 0.671. The van der Waals surface area contributed by atoms with Gasteiger partial charge in [-0.3, -0.25) is 4.79 Å². The number of nitrogens with two attached hydrogens (primary N) is 1. The highest BCUT2D eigenvalue weighted by Crippen LogP contribution is 2.20. The molecule has 0 saturated heterocycles. The van der Waals surface area contributed by atoms with Crippen LogP contribution in [0, 0.1) is 12.7 Å². The molecule has 1 aromatic rings. The van der Waals surface area contributed by atoms with Crippen molar-refractivity contribution in [1.29, 1.82) is 0 Å². The van der Waals surface area contributed by atoms with Crippen LogP contribution >= 0.6 is 0 Å². The van der Waals surface area contributed by atoms with Gasteiger partial charge in [-0.05, 0) is 26.0 Å². The Balaban J connectivity index is 2.92. The van der Waals surface area contributed by atoms with Crippen molar-refractivity contribution in [2.75, 3.05) is 18.8 Å². The third-order valence-electron chi connectivity index (χ3n) is 2.46. The summed E-state index contributed by atoms with van der Waals surface area (Å²) in [6.45, 7) is 3.14. The van der Waals surface area contributed by atoms with E-state index in [1.807, 2.05) is 0 Å². The first-order valence-corrected chi connectivity index (χ1v) is 7.08. The van der Waals surface area contributed by atoms with Crippen LogP contribution in [0.4, 0.5) is 10.1 Å². The van der Waals surface area contributed by atoms with E-state index in [2.05, 4.69) is 10.0 Å². The highest BCUT2D eigenvalue weighted by atomic mass is 32.2. The summed E-state index contributed by atoms with van der Waals surface area (Å²) in [4.78, 5) is 10.9. The summed E-state index contributed by atoms with van der Waals surface area (Å²) >= 11 is 0. The van der Waals surface area contributed by atoms with Crippen LogP contribution in [0.5, 0.6) is 0 Å². The molecular formula is C11H16FN3O3S. The first-order chi connectivity index (χ1) is 8.77. The maximum absolute atomic E-state index is 13.4. The van der Waals surface area contributed by atoms with Crippen molar-refractivity contribution >= 4 is 21.6 Å². The Labute approximate surface area is 111 Å². The second kappa shape index (κ2) is 5.98. The summed E-state index contributed by atoms with van der Waals surface area (Å²) in [7, 11) is -3.97. The van der Waals surface area contributed by atoms with Crippen molar-refractivity contribution in [3.63, 3.8) is 0 Å². The SMILES string of the molecule is CCNC(=O)CNS(=O)(=O)c1cc(N)c(C)c(F)c1. The molecule has 4 N–H and O–H groups in total. The molecule has 1 rings (SSSR count). The lowest BCUT2D eigenvalue weighted by atomic mass is 10.2. The van der Waals surface area contributed by atoms with Crippen molar-refractivity contribution in [3.8, 4) is 0 Å². The van der Waals surface area contributed by atoms with Gasteiger partial charge in [0.25, 0.3) is 0 Å². The molecule has 0 aliphatic heterocycles. The summed E-state index contributed by atoms with van der Waals surface area (Å²) in [6, 6.07) is 2.02. The second-order valence-electron chi connectivity index (χ2n) is 3.90. The van der Waals surface area contributed by atoms with Gasteiger partial charge < -0.3 is 11.1 Å². The first kappa shape index (κ1) is 15.4. The normalized spacial score (nSPS) is 11.3. The molecule has 0 radical (unpaired) electrons. The van der Waals surface area contributed by atoms with Crippen LogP contribution in [0.1, 0.15) is 12.5 Å². The van der Waals surface area contributed by atoms with Gasteiger partial charge in [-0.2, -0.15) is 0 Å². The highest BCUT2D eigenvalue weighted by molar-refractivity contribution is 7.89. The molecule has 0 bridgehead atoms. The van der Waals surface area contributed by atoms with Crippen LogP contribution in [-0.2, 0) is 14.8 Å². The number of halogens is 1. The third-order valence-corrected chi connectivity index (χ3v) is 3.85. The zero-order valence-corrected chi connectivity index (χ0v) is 11.5. The van der Waals surface area contributed by atoms with Crippen LogP contribution in [0.15, 0.2) is 17.0 Å². The van der Waals surface area contributed by atoms with Gasteiger partial charge in [-0.25, -0.2) is 17.5 Å². The fourth-order valence-corrected chi connectivity index (χ4v) is 2.36. The first-order valence-electron chi connectivity index (χ1n) is 5.60. The molecule has 0 unspecified atom stereocenters. The Hall–Kier alpha value is -1.67. The van der Waals surface area contributed by atoms with Gasteiger partial charge in [-0.15, -0.1) is 0 Å². The molecule has 0 spiro atoms. The van der Waals surface area contributed by atoms with Crippen LogP contribution in [0.2, 0.25) is 0 Å². The topological polar surface area (TPSA) is 101 Å². The molecule has 1 aromatic carbocycles. The molecule has 0 heterocycles. The van der Waals surface area contributed by atoms with Gasteiger partial charge >= 0.3 is 0 Å². The number of hydrogen-bond donors (Lipinski definition) is 3. The lowest BCUT2D eigenvalue weighted by Gasteiger charge is -2.09. The largest absolute Gasteiger partial charge is 0.398 e. The Morgan fingerprint density at radius 3 is 2.58 bits per heavy atom. The molecule has 0 atom stereocenters. The highest BCUT2D eigenvalue weighted by Gasteiger charge is 2.18. The number of carbonyl (C=O) groups excluding carboxylic acids is 1. The lowest BCUT2D eigenvalue weighted by Crippen LogP contribution is -2.36. The number of benzene rings is 1. The van der Waals surface area contributed by atoms with Crippen LogP contribution < -0.4 is 15.8 Å². The molecular weight excluding hydrogens is 273 g/mol. The van der Waals surface area contributed by atoms with E-state index in [0.717, 1.165) is 12.1 Å². The number of rotatable bonds is 5. The number of likely N-dealkylation sites (N-methyl/N-ethyl adjacent to an activating group) is 1. The van der Waals surface area contributed by atoms with Gasteiger partial charge in [0.05, 0.1) is 11.4 Å². The van der Waals surface area contributed by atoms with Crippen LogP contribution in [-0.4, -0.2) is 27.4 Å². The van der Waals surface area contributed by atoms with E-state index in [0.29, 0.717) is 6.54 Å². The molecule has 0 fully saturated rings.